The van der Waals surface area contributed by atoms with Gasteiger partial charge in [0.1, 0.15) is 171 Å². The molecule has 0 unspecified atom stereocenters. The first-order chi connectivity index (χ1) is 45.6. The number of benzene rings is 1. The second kappa shape index (κ2) is 34.6. The predicted molar refractivity (Wildman–Crippen MR) is 304 cm³/mol. The maximum Gasteiger partial charge on any atom is 0.253 e. The van der Waals surface area contributed by atoms with Gasteiger partial charge in [-0.1, -0.05) is 12.1 Å². The molecule has 41 nitrogen and oxygen atoms in total. The number of para-hydroxylation sites is 1. The third-order valence-electron chi connectivity index (χ3n) is 17.2. The van der Waals surface area contributed by atoms with E-state index >= 15 is 0 Å². The summed E-state index contributed by atoms with van der Waals surface area (Å²) in [7, 11) is 0. The fraction of sp³-hybridized carbons (Fsp3) is 0.836. The average molecular weight is 1400 g/mol. The number of aliphatic hydroxyl groups excluding tert-OH is 20. The van der Waals surface area contributed by atoms with Gasteiger partial charge in [-0.05, 0) is 12.1 Å². The van der Waals surface area contributed by atoms with Gasteiger partial charge in [-0.25, -0.2) is 0 Å². The van der Waals surface area contributed by atoms with Crippen LogP contribution in [0.25, 0.3) is 0 Å². The summed E-state index contributed by atoms with van der Waals surface area (Å²) in [5, 5.41) is 230. The van der Waals surface area contributed by atoms with Crippen molar-refractivity contribution in [3.8, 4) is 0 Å². The first-order valence-corrected chi connectivity index (χ1v) is 30.7. The molecule has 35 atom stereocenters. The number of aliphatic hydroxyl groups is 20. The van der Waals surface area contributed by atoms with Gasteiger partial charge in [0.05, 0.1) is 51.8 Å². The molecule has 0 bridgehead atoms. The molecule has 1 aromatic rings. The summed E-state index contributed by atoms with van der Waals surface area (Å²) in [5.41, 5.74) is 5.80. The lowest BCUT2D eigenvalue weighted by Crippen LogP contribution is -2.71. The van der Waals surface area contributed by atoms with Crippen molar-refractivity contribution in [1.29, 1.82) is 0 Å². The molecule has 0 saturated carbocycles. The SMILES string of the molecule is CC(=O)N[C@@H]1[C@@H](O)[C@H](O[C@@H]2O[C@H](CO)[C@@H](O[C@@H]3O[C@H](CO[C@H]4O[C@H](CO[C@H]5O[C@H](CO)[C@@H](O)[C@H](O)[C@@H]5O)[C@@H](O)[C@H](O[C@H]5O[C@H](CO)[C@@H](O)[C@H](O)[C@@H]5O)[C@@H]4O)[C@@H](O)[C@H](O[C@H]4O[C@H](CO)[C@@H](O)[C@H](O)[C@@H]4O)[C@@H]3O)[C@H](O)[C@H]2NC(C)=O)[C@@H](CO)O[C@H]1Nc1ccccc1C(=O)NCCN. The molecule has 26 N–H and O–H groups in total. The maximum absolute atomic E-state index is 13.1. The standard InChI is InChI=1S/C55H89N5O36/c1-16(66)58-27-34(73)44(23(12-64)86-49(27)60-19-6-4-3-5-18(19)48(83)57-8-7-56)93-50-28(59-17(2)67)35(74)45(24(13-65)90-50)94-55-43(82)47(96-54-41(80)38(77)31(70)22(11-63)89-54)33(72)26(92-55)15-85-52-42(81)46(95-53-40(79)37(76)30(69)21(10-62)88-53)32(71)25(91-52)14-84-51-39(78)36(75)29(68)20(9-61)87-51/h3-6,20-47,49-55,60-65,68-82H,7-15,56H2,1-2H3,(H,57,83)(H,58,66)(H,59,67)/t20-,21-,22-,23-,24-,25-,26-,27-,28-,29-,30-,31-,32-,33-,34-,35-,36+,37+,38+,39+,40+,41+,42+,43+,44-,45-,46+,47+,49-,50+,51+,52+,53-,54-,55+/m1/s1. The third-order valence-corrected chi connectivity index (χ3v) is 17.2. The lowest BCUT2D eigenvalue weighted by Gasteiger charge is -2.50. The maximum atomic E-state index is 13.1. The number of nitrogens with two attached hydrogens (primary N) is 1. The minimum atomic E-state index is -2.37. The van der Waals surface area contributed by atoms with E-state index in [-0.39, 0.29) is 24.3 Å². The lowest BCUT2D eigenvalue weighted by atomic mass is 9.93. The Hall–Kier alpha value is -3.93. The van der Waals surface area contributed by atoms with Crippen molar-refractivity contribution in [3.63, 3.8) is 0 Å². The van der Waals surface area contributed by atoms with E-state index in [1.807, 2.05) is 0 Å². The minimum absolute atomic E-state index is 0.0908. The first-order valence-electron chi connectivity index (χ1n) is 30.7. The van der Waals surface area contributed by atoms with Gasteiger partial charge >= 0.3 is 0 Å². The van der Waals surface area contributed by atoms with E-state index in [0.717, 1.165) is 13.8 Å². The van der Waals surface area contributed by atoms with Crippen LogP contribution in [0.4, 0.5) is 5.69 Å². The van der Waals surface area contributed by atoms with Gasteiger partial charge in [-0.15, -0.1) is 0 Å². The lowest BCUT2D eigenvalue weighted by molar-refractivity contribution is -0.387. The molecular formula is C55H89N5O36. The molecule has 7 aliphatic rings. The number of carbonyl (C=O) groups is 3. The molecule has 1 aromatic carbocycles. The second-order valence-electron chi connectivity index (χ2n) is 23.9. The molecule has 0 radical (unpaired) electrons. The minimum Gasteiger partial charge on any atom is -0.394 e. The predicted octanol–water partition coefficient (Wildman–Crippen LogP) is -15.2. The van der Waals surface area contributed by atoms with Crippen molar-refractivity contribution in [1.82, 2.24) is 16.0 Å². The average Bonchev–Trinajstić information content (AvgIpc) is 0.775. The largest absolute Gasteiger partial charge is 0.394 e. The summed E-state index contributed by atoms with van der Waals surface area (Å²) < 4.78 is 76.0. The molecule has 0 aromatic heterocycles. The van der Waals surface area contributed by atoms with Crippen molar-refractivity contribution in [2.24, 2.45) is 5.73 Å². The molecule has 41 heteroatoms. The summed E-state index contributed by atoms with van der Waals surface area (Å²) in [5.74, 6) is -2.14. The van der Waals surface area contributed by atoms with Gasteiger partial charge in [-0.2, -0.15) is 0 Å². The first kappa shape index (κ1) is 77.8. The molecule has 0 spiro atoms. The van der Waals surface area contributed by atoms with Gasteiger partial charge in [0.25, 0.3) is 5.91 Å². The van der Waals surface area contributed by atoms with Crippen molar-refractivity contribution in [2.45, 2.75) is 229 Å². The Morgan fingerprint density at radius 2 is 0.771 bits per heavy atom. The van der Waals surface area contributed by atoms with E-state index in [4.69, 9.17) is 67.3 Å². The zero-order valence-electron chi connectivity index (χ0n) is 51.4. The number of rotatable bonds is 26. The fourth-order valence-corrected chi connectivity index (χ4v) is 12.0. The molecule has 7 fully saturated rings. The Morgan fingerprint density at radius 3 is 1.25 bits per heavy atom. The Balaban J connectivity index is 1.06. The highest BCUT2D eigenvalue weighted by Gasteiger charge is 2.58. The summed E-state index contributed by atoms with van der Waals surface area (Å²) in [6.07, 6.45) is -65.2. The molecule has 7 saturated heterocycles. The fourth-order valence-electron chi connectivity index (χ4n) is 12.0. The van der Waals surface area contributed by atoms with Crippen LogP contribution in [0.3, 0.4) is 0 Å². The Morgan fingerprint density at radius 1 is 0.406 bits per heavy atom. The van der Waals surface area contributed by atoms with Crippen molar-refractivity contribution >= 4 is 23.4 Å². The topological polar surface area (TPSA) is 650 Å². The van der Waals surface area contributed by atoms with Crippen LogP contribution in [0.2, 0.25) is 0 Å². The molecule has 96 heavy (non-hydrogen) atoms. The van der Waals surface area contributed by atoms with Gasteiger partial charge in [0, 0.05) is 32.6 Å². The number of anilines is 1. The van der Waals surface area contributed by atoms with E-state index in [9.17, 15) is 117 Å². The summed E-state index contributed by atoms with van der Waals surface area (Å²) >= 11 is 0. The molecular weight excluding hydrogens is 1310 g/mol. The highest BCUT2D eigenvalue weighted by Crippen LogP contribution is 2.37. The van der Waals surface area contributed by atoms with Crippen LogP contribution in [0.15, 0.2) is 24.3 Å². The van der Waals surface area contributed by atoms with Gasteiger partial charge < -0.3 is 191 Å². The van der Waals surface area contributed by atoms with Crippen molar-refractivity contribution in [3.05, 3.63) is 29.8 Å². The quantitative estimate of drug-likeness (QED) is 0.0409. The second-order valence-corrected chi connectivity index (χ2v) is 23.9. The molecule has 3 amide bonds. The molecule has 8 rings (SSSR count). The van der Waals surface area contributed by atoms with Crippen LogP contribution in [0, 0.1) is 0 Å². The molecule has 550 valence electrons. The monoisotopic (exact) mass is 1400 g/mol. The van der Waals surface area contributed by atoms with Crippen molar-refractivity contribution in [2.75, 3.05) is 64.7 Å². The summed E-state index contributed by atoms with van der Waals surface area (Å²) in [4.78, 5) is 38.8. The summed E-state index contributed by atoms with van der Waals surface area (Å²) in [6, 6.07) is 2.76. The zero-order chi connectivity index (χ0) is 70.3. The Bertz CT molecular complexity index is 2610. The van der Waals surface area contributed by atoms with Gasteiger partial charge in [-0.3, -0.25) is 14.4 Å². The van der Waals surface area contributed by atoms with Crippen LogP contribution in [0.5, 0.6) is 0 Å². The number of nitrogens with one attached hydrogen (secondary N) is 4. The highest BCUT2D eigenvalue weighted by atomic mass is 16.8. The van der Waals surface area contributed by atoms with Crippen LogP contribution < -0.4 is 27.0 Å². The molecule has 7 aliphatic heterocycles. The third kappa shape index (κ3) is 17.3. The van der Waals surface area contributed by atoms with Gasteiger partial charge in [0.2, 0.25) is 11.8 Å². The van der Waals surface area contributed by atoms with Crippen LogP contribution in [-0.2, 0) is 71.2 Å². The smallest absolute Gasteiger partial charge is 0.253 e. The van der Waals surface area contributed by atoms with E-state index in [1.54, 1.807) is 12.1 Å². The van der Waals surface area contributed by atoms with Crippen LogP contribution in [0.1, 0.15) is 24.2 Å². The number of amides is 3. The van der Waals surface area contributed by atoms with E-state index in [1.165, 1.54) is 12.1 Å². The molecule has 7 heterocycles. The van der Waals surface area contributed by atoms with E-state index in [2.05, 4.69) is 21.3 Å². The number of ether oxygens (including phenoxy) is 13. The number of hydrogen-bond donors (Lipinski definition) is 25. The molecule has 0 aliphatic carbocycles. The summed E-state index contributed by atoms with van der Waals surface area (Å²) in [6.45, 7) is -4.58. The van der Waals surface area contributed by atoms with Gasteiger partial charge in [0.15, 0.2) is 44.0 Å². The van der Waals surface area contributed by atoms with E-state index < -0.39 is 279 Å². The van der Waals surface area contributed by atoms with E-state index in [0.29, 0.717) is 0 Å². The van der Waals surface area contributed by atoms with Crippen molar-refractivity contribution < 1.29 is 178 Å². The number of carbonyl (C=O) groups excluding carboxylic acids is 3. The number of hydrogen-bond acceptors (Lipinski definition) is 38. The Kier molecular flexibility index (Phi) is 28.1. The zero-order valence-corrected chi connectivity index (χ0v) is 51.4. The highest BCUT2D eigenvalue weighted by molar-refractivity contribution is 5.99. The normalized spacial score (nSPS) is 45.4. The Labute approximate surface area is 545 Å². The van der Waals surface area contributed by atoms with Crippen LogP contribution in [-0.4, -0.2) is 394 Å². The van der Waals surface area contributed by atoms with Crippen LogP contribution >= 0.6 is 0 Å².